The SMILES string of the molecule is CSC1CCCC(NS(=O)(=O)CC(C)CCl)C1. The quantitative estimate of drug-likeness (QED) is 0.766. The minimum Gasteiger partial charge on any atom is -0.212 e. The van der Waals surface area contributed by atoms with Crippen LogP contribution in [0.25, 0.3) is 0 Å². The summed E-state index contributed by atoms with van der Waals surface area (Å²) < 4.78 is 26.6. The van der Waals surface area contributed by atoms with Crippen LogP contribution < -0.4 is 4.72 Å². The van der Waals surface area contributed by atoms with Crippen LogP contribution in [0.4, 0.5) is 0 Å². The van der Waals surface area contributed by atoms with E-state index in [2.05, 4.69) is 11.0 Å². The molecule has 3 nitrogen and oxygen atoms in total. The number of nitrogens with one attached hydrogen (secondary N) is 1. The molecule has 0 aromatic carbocycles. The van der Waals surface area contributed by atoms with Gasteiger partial charge < -0.3 is 0 Å². The fraction of sp³-hybridized carbons (Fsp3) is 1.00. The molecule has 1 saturated carbocycles. The van der Waals surface area contributed by atoms with Gasteiger partial charge in [0.1, 0.15) is 0 Å². The lowest BCUT2D eigenvalue weighted by molar-refractivity contribution is 0.419. The molecule has 0 radical (unpaired) electrons. The van der Waals surface area contributed by atoms with E-state index in [9.17, 15) is 8.42 Å². The summed E-state index contributed by atoms with van der Waals surface area (Å²) in [5, 5.41) is 0.599. The fourth-order valence-corrected chi connectivity index (χ4v) is 4.94. The molecule has 1 aliphatic carbocycles. The summed E-state index contributed by atoms with van der Waals surface area (Å²) in [7, 11) is -3.17. The summed E-state index contributed by atoms with van der Waals surface area (Å²) in [6.07, 6.45) is 6.33. The largest absolute Gasteiger partial charge is 0.212 e. The third kappa shape index (κ3) is 5.81. The van der Waals surface area contributed by atoms with Crippen LogP contribution in [0.1, 0.15) is 32.6 Å². The molecule has 1 aliphatic rings. The van der Waals surface area contributed by atoms with E-state index in [-0.39, 0.29) is 17.7 Å². The van der Waals surface area contributed by atoms with Crippen LogP contribution in [-0.4, -0.2) is 37.6 Å². The van der Waals surface area contributed by atoms with Gasteiger partial charge in [0.25, 0.3) is 0 Å². The van der Waals surface area contributed by atoms with Gasteiger partial charge in [-0.3, -0.25) is 0 Å². The Morgan fingerprint density at radius 3 is 2.76 bits per heavy atom. The zero-order valence-electron chi connectivity index (χ0n) is 10.5. The first kappa shape index (κ1) is 15.6. The van der Waals surface area contributed by atoms with Crippen molar-refractivity contribution in [1.29, 1.82) is 0 Å². The Labute approximate surface area is 114 Å². The summed E-state index contributed by atoms with van der Waals surface area (Å²) in [5.74, 6) is 0.532. The van der Waals surface area contributed by atoms with Crippen LogP contribution in [0.2, 0.25) is 0 Å². The van der Waals surface area contributed by atoms with Gasteiger partial charge in [0, 0.05) is 17.2 Å². The van der Waals surface area contributed by atoms with E-state index >= 15 is 0 Å². The molecule has 0 amide bonds. The lowest BCUT2D eigenvalue weighted by atomic mass is 9.96. The number of rotatable bonds is 6. The van der Waals surface area contributed by atoms with Gasteiger partial charge in [0.05, 0.1) is 5.75 Å². The van der Waals surface area contributed by atoms with E-state index in [0.29, 0.717) is 11.1 Å². The van der Waals surface area contributed by atoms with Gasteiger partial charge in [-0.2, -0.15) is 11.8 Å². The second-order valence-electron chi connectivity index (χ2n) is 4.88. The molecule has 3 unspecified atom stereocenters. The second kappa shape index (κ2) is 7.22. The first-order valence-corrected chi connectivity index (χ1v) is 9.53. The lowest BCUT2D eigenvalue weighted by Gasteiger charge is -2.28. The highest BCUT2D eigenvalue weighted by Gasteiger charge is 2.25. The summed E-state index contributed by atoms with van der Waals surface area (Å²) in [6, 6.07) is 0.119. The lowest BCUT2D eigenvalue weighted by Crippen LogP contribution is -2.41. The van der Waals surface area contributed by atoms with E-state index in [1.807, 2.05) is 18.7 Å². The molecule has 3 atom stereocenters. The first-order chi connectivity index (χ1) is 7.96. The standard InChI is InChI=1S/C11H22ClNO2S2/c1-9(7-12)8-17(14,15)13-10-4-3-5-11(6-10)16-2/h9-11,13H,3-8H2,1-2H3. The van der Waals surface area contributed by atoms with Gasteiger partial charge in [0.15, 0.2) is 0 Å². The number of hydrogen-bond acceptors (Lipinski definition) is 3. The molecule has 0 spiro atoms. The molecule has 0 heterocycles. The molecule has 0 aromatic heterocycles. The van der Waals surface area contributed by atoms with E-state index in [1.165, 1.54) is 6.42 Å². The smallest absolute Gasteiger partial charge is 0.212 e. The Bertz CT molecular complexity index is 321. The van der Waals surface area contributed by atoms with Crippen molar-refractivity contribution in [2.75, 3.05) is 17.9 Å². The molecular weight excluding hydrogens is 278 g/mol. The van der Waals surface area contributed by atoms with Crippen molar-refractivity contribution >= 4 is 33.4 Å². The third-order valence-electron chi connectivity index (χ3n) is 3.07. The monoisotopic (exact) mass is 299 g/mol. The minimum atomic E-state index is -3.17. The van der Waals surface area contributed by atoms with Crippen molar-refractivity contribution in [2.24, 2.45) is 5.92 Å². The number of halogens is 1. The Morgan fingerprint density at radius 1 is 1.47 bits per heavy atom. The first-order valence-electron chi connectivity index (χ1n) is 6.05. The van der Waals surface area contributed by atoms with Gasteiger partial charge in [-0.15, -0.1) is 11.6 Å². The molecule has 17 heavy (non-hydrogen) atoms. The minimum absolute atomic E-state index is 0.00843. The topological polar surface area (TPSA) is 46.2 Å². The van der Waals surface area contributed by atoms with E-state index in [0.717, 1.165) is 19.3 Å². The van der Waals surface area contributed by atoms with E-state index in [1.54, 1.807) is 0 Å². The molecule has 1 rings (SSSR count). The number of hydrogen-bond donors (Lipinski definition) is 1. The van der Waals surface area contributed by atoms with E-state index < -0.39 is 10.0 Å². The van der Waals surface area contributed by atoms with Crippen molar-refractivity contribution in [1.82, 2.24) is 4.72 Å². The number of sulfonamides is 1. The Balaban J connectivity index is 2.46. The molecule has 102 valence electrons. The Morgan fingerprint density at radius 2 is 2.18 bits per heavy atom. The predicted molar refractivity (Wildman–Crippen MR) is 76.4 cm³/mol. The van der Waals surface area contributed by atoms with Gasteiger partial charge >= 0.3 is 0 Å². The van der Waals surface area contributed by atoms with Crippen molar-refractivity contribution in [3.05, 3.63) is 0 Å². The highest BCUT2D eigenvalue weighted by atomic mass is 35.5. The predicted octanol–water partition coefficient (Wildman–Crippen LogP) is 2.45. The van der Waals surface area contributed by atoms with Crippen LogP contribution in [0.5, 0.6) is 0 Å². The van der Waals surface area contributed by atoms with Crippen molar-refractivity contribution < 1.29 is 8.42 Å². The van der Waals surface area contributed by atoms with Gasteiger partial charge in [-0.05, 0) is 31.4 Å². The maximum absolute atomic E-state index is 11.9. The highest BCUT2D eigenvalue weighted by molar-refractivity contribution is 7.99. The second-order valence-corrected chi connectivity index (χ2v) is 8.13. The van der Waals surface area contributed by atoms with Crippen molar-refractivity contribution in [3.63, 3.8) is 0 Å². The molecular formula is C11H22ClNO2S2. The maximum atomic E-state index is 11.9. The Hall–Kier alpha value is 0.550. The third-order valence-corrected chi connectivity index (χ3v) is 6.39. The molecule has 1 N–H and O–H groups in total. The molecule has 0 bridgehead atoms. The maximum Gasteiger partial charge on any atom is 0.212 e. The molecule has 1 fully saturated rings. The number of thioether (sulfide) groups is 1. The zero-order valence-corrected chi connectivity index (χ0v) is 12.9. The van der Waals surface area contributed by atoms with Crippen LogP contribution in [0, 0.1) is 5.92 Å². The number of alkyl halides is 1. The normalized spacial score (nSPS) is 27.9. The van der Waals surface area contributed by atoms with E-state index in [4.69, 9.17) is 11.6 Å². The molecule has 6 heteroatoms. The van der Waals surface area contributed by atoms with Crippen molar-refractivity contribution in [3.8, 4) is 0 Å². The van der Waals surface area contributed by atoms with Gasteiger partial charge in [-0.25, -0.2) is 13.1 Å². The molecule has 0 aromatic rings. The summed E-state index contributed by atoms with van der Waals surface area (Å²) in [6.45, 7) is 1.86. The average Bonchev–Trinajstić information content (AvgIpc) is 2.27. The van der Waals surface area contributed by atoms with Crippen LogP contribution >= 0.6 is 23.4 Å². The average molecular weight is 300 g/mol. The highest BCUT2D eigenvalue weighted by Crippen LogP contribution is 2.27. The van der Waals surface area contributed by atoms with Gasteiger partial charge in [0.2, 0.25) is 10.0 Å². The zero-order chi connectivity index (χ0) is 12.9. The summed E-state index contributed by atoms with van der Waals surface area (Å²) >= 11 is 7.49. The molecule has 0 saturated heterocycles. The van der Waals surface area contributed by atoms with Crippen LogP contribution in [0.3, 0.4) is 0 Å². The van der Waals surface area contributed by atoms with Crippen LogP contribution in [-0.2, 0) is 10.0 Å². The van der Waals surface area contributed by atoms with Gasteiger partial charge in [-0.1, -0.05) is 13.3 Å². The summed E-state index contributed by atoms with van der Waals surface area (Å²) in [5.41, 5.74) is 0. The Kier molecular flexibility index (Phi) is 6.62. The fourth-order valence-electron chi connectivity index (χ4n) is 2.19. The van der Waals surface area contributed by atoms with Crippen molar-refractivity contribution in [2.45, 2.75) is 43.9 Å². The molecule has 0 aliphatic heterocycles. The van der Waals surface area contributed by atoms with Crippen LogP contribution in [0.15, 0.2) is 0 Å². The summed E-state index contributed by atoms with van der Waals surface area (Å²) in [4.78, 5) is 0.